The van der Waals surface area contributed by atoms with Crippen molar-refractivity contribution < 1.29 is 4.74 Å². The van der Waals surface area contributed by atoms with Crippen LogP contribution < -0.4 is 0 Å². The van der Waals surface area contributed by atoms with Gasteiger partial charge in [-0.1, -0.05) is 12.2 Å². The Kier molecular flexibility index (Phi) is 0.908. The van der Waals surface area contributed by atoms with Gasteiger partial charge in [0.1, 0.15) is 0 Å². The van der Waals surface area contributed by atoms with Crippen LogP contribution in [-0.2, 0) is 4.74 Å². The molecule has 0 saturated carbocycles. The maximum atomic E-state index is 5.41. The molecule has 2 bridgehead atoms. The third kappa shape index (κ3) is 0.583. The van der Waals surface area contributed by atoms with Gasteiger partial charge in [0.2, 0.25) is 0 Å². The van der Waals surface area contributed by atoms with Gasteiger partial charge in [-0.3, -0.25) is 0 Å². The summed E-state index contributed by atoms with van der Waals surface area (Å²) in [5, 5.41) is 0. The Labute approximate surface area is 49.3 Å². The van der Waals surface area contributed by atoms with Gasteiger partial charge < -0.3 is 4.74 Å². The van der Waals surface area contributed by atoms with E-state index in [1.54, 1.807) is 0 Å². The van der Waals surface area contributed by atoms with Crippen molar-refractivity contribution in [2.24, 2.45) is 0 Å². The zero-order valence-corrected chi connectivity index (χ0v) is 4.84. The van der Waals surface area contributed by atoms with Crippen LogP contribution in [0.1, 0.15) is 19.3 Å². The van der Waals surface area contributed by atoms with Crippen LogP contribution in [-0.4, -0.2) is 12.2 Å². The van der Waals surface area contributed by atoms with Crippen LogP contribution in [0.3, 0.4) is 0 Å². The first kappa shape index (κ1) is 4.57. The lowest BCUT2D eigenvalue weighted by atomic mass is 10.1. The van der Waals surface area contributed by atoms with Crippen molar-refractivity contribution in [2.75, 3.05) is 0 Å². The third-order valence-electron chi connectivity index (χ3n) is 1.87. The summed E-state index contributed by atoms with van der Waals surface area (Å²) in [4.78, 5) is 0. The molecule has 1 heteroatoms. The number of rotatable bonds is 0. The second-order valence-electron chi connectivity index (χ2n) is 2.54. The summed E-state index contributed by atoms with van der Waals surface area (Å²) in [5.74, 6) is 0. The minimum Gasteiger partial charge on any atom is -0.371 e. The quantitative estimate of drug-likeness (QED) is 0.429. The maximum absolute atomic E-state index is 5.41. The molecule has 0 N–H and O–H groups in total. The molecule has 3 rings (SSSR count). The van der Waals surface area contributed by atoms with E-state index >= 15 is 0 Å². The van der Waals surface area contributed by atoms with Crippen LogP contribution in [0.15, 0.2) is 12.2 Å². The molecule has 1 aliphatic carbocycles. The van der Waals surface area contributed by atoms with Gasteiger partial charge >= 0.3 is 0 Å². The number of hydrogen-bond acceptors (Lipinski definition) is 1. The van der Waals surface area contributed by atoms with E-state index in [1.165, 1.54) is 19.3 Å². The van der Waals surface area contributed by atoms with Crippen LogP contribution in [0.4, 0.5) is 0 Å². The largest absolute Gasteiger partial charge is 0.371 e. The Balaban J connectivity index is 2.07. The molecule has 8 heavy (non-hydrogen) atoms. The zero-order valence-electron chi connectivity index (χ0n) is 4.84. The summed E-state index contributed by atoms with van der Waals surface area (Å²) < 4.78 is 5.41. The minimum atomic E-state index is 0.488. The van der Waals surface area contributed by atoms with Crippen molar-refractivity contribution in [1.29, 1.82) is 0 Å². The fourth-order valence-corrected chi connectivity index (χ4v) is 1.34. The predicted molar refractivity (Wildman–Crippen MR) is 31.7 cm³/mol. The van der Waals surface area contributed by atoms with Gasteiger partial charge in [0.15, 0.2) is 0 Å². The molecular formula is C7H10O. The van der Waals surface area contributed by atoms with Gasteiger partial charge in [-0.25, -0.2) is 0 Å². The van der Waals surface area contributed by atoms with Crippen LogP contribution in [0.25, 0.3) is 0 Å². The highest BCUT2D eigenvalue weighted by Gasteiger charge is 2.28. The van der Waals surface area contributed by atoms with Crippen LogP contribution in [0, 0.1) is 0 Å². The predicted octanol–water partition coefficient (Wildman–Crippen LogP) is 1.49. The summed E-state index contributed by atoms with van der Waals surface area (Å²) in [6, 6.07) is 0. The number of fused-ring (bicyclic) bond motifs is 2. The number of allylic oxidation sites excluding steroid dienone is 1. The van der Waals surface area contributed by atoms with Gasteiger partial charge in [0.05, 0.1) is 12.2 Å². The third-order valence-corrected chi connectivity index (χ3v) is 1.87. The first-order chi connectivity index (χ1) is 3.95. The lowest BCUT2D eigenvalue weighted by Crippen LogP contribution is -2.34. The smallest absolute Gasteiger partial charge is 0.0784 e. The van der Waals surface area contributed by atoms with Gasteiger partial charge in [0, 0.05) is 6.42 Å². The topological polar surface area (TPSA) is 9.23 Å². The minimum absolute atomic E-state index is 0.488. The van der Waals surface area contributed by atoms with Crippen molar-refractivity contribution in [1.82, 2.24) is 0 Å². The van der Waals surface area contributed by atoms with Gasteiger partial charge in [-0.2, -0.15) is 0 Å². The SMILES string of the molecule is C1=CC2CC(CC1)O2. The van der Waals surface area contributed by atoms with E-state index in [-0.39, 0.29) is 0 Å². The van der Waals surface area contributed by atoms with Crippen molar-refractivity contribution in [3.63, 3.8) is 0 Å². The monoisotopic (exact) mass is 110 g/mol. The molecule has 44 valence electrons. The van der Waals surface area contributed by atoms with Crippen molar-refractivity contribution >= 4 is 0 Å². The van der Waals surface area contributed by atoms with E-state index in [9.17, 15) is 0 Å². The molecule has 1 nitrogen and oxygen atoms in total. The van der Waals surface area contributed by atoms with Crippen molar-refractivity contribution in [3.8, 4) is 0 Å². The number of hydrogen-bond donors (Lipinski definition) is 0. The van der Waals surface area contributed by atoms with Crippen molar-refractivity contribution in [3.05, 3.63) is 12.2 Å². The average molecular weight is 110 g/mol. The average Bonchev–Trinajstić information content (AvgIpc) is 1.89. The molecule has 2 heterocycles. The van der Waals surface area contributed by atoms with Crippen LogP contribution in [0.5, 0.6) is 0 Å². The molecule has 0 spiro atoms. The molecule has 1 saturated heterocycles. The first-order valence-corrected chi connectivity index (χ1v) is 3.27. The molecule has 0 aromatic carbocycles. The lowest BCUT2D eigenvalue weighted by molar-refractivity contribution is -0.0960. The molecule has 1 fully saturated rings. The summed E-state index contributed by atoms with van der Waals surface area (Å²) in [6.45, 7) is 0. The Hall–Kier alpha value is -0.300. The zero-order chi connectivity index (χ0) is 5.40. The van der Waals surface area contributed by atoms with E-state index < -0.39 is 0 Å². The molecule has 0 aromatic heterocycles. The molecule has 3 aliphatic rings. The van der Waals surface area contributed by atoms with E-state index in [0.717, 1.165) is 0 Å². The summed E-state index contributed by atoms with van der Waals surface area (Å²) in [7, 11) is 0. The van der Waals surface area contributed by atoms with E-state index in [4.69, 9.17) is 4.74 Å². The first-order valence-electron chi connectivity index (χ1n) is 3.27. The fraction of sp³-hybridized carbons (Fsp3) is 0.714. The van der Waals surface area contributed by atoms with E-state index in [1.807, 2.05) is 0 Å². The van der Waals surface area contributed by atoms with Crippen molar-refractivity contribution in [2.45, 2.75) is 31.5 Å². The molecule has 2 atom stereocenters. The van der Waals surface area contributed by atoms with Gasteiger partial charge in [0.25, 0.3) is 0 Å². The standard InChI is InChI=1S/C7H10O/c1-2-4-7-5-6(3-1)8-7/h1,3,6-7H,2,4-5H2. The number of ether oxygens (including phenoxy) is 1. The molecule has 2 aliphatic heterocycles. The molecule has 0 amide bonds. The second kappa shape index (κ2) is 1.59. The Morgan fingerprint density at radius 1 is 1.50 bits per heavy atom. The summed E-state index contributed by atoms with van der Waals surface area (Å²) in [6.07, 6.45) is 9.25. The second-order valence-corrected chi connectivity index (χ2v) is 2.54. The molecule has 0 aromatic rings. The van der Waals surface area contributed by atoms with Gasteiger partial charge in [-0.05, 0) is 12.8 Å². The van der Waals surface area contributed by atoms with Crippen LogP contribution >= 0.6 is 0 Å². The normalized spacial score (nSPS) is 43.0. The lowest BCUT2D eigenvalue weighted by Gasteiger charge is -2.31. The Morgan fingerprint density at radius 2 is 2.38 bits per heavy atom. The highest BCUT2D eigenvalue weighted by atomic mass is 16.5. The van der Waals surface area contributed by atoms with Crippen LogP contribution in [0.2, 0.25) is 0 Å². The highest BCUT2D eigenvalue weighted by molar-refractivity contribution is 5.00. The molecule has 2 unspecified atom stereocenters. The fourth-order valence-electron chi connectivity index (χ4n) is 1.34. The highest BCUT2D eigenvalue weighted by Crippen LogP contribution is 2.28. The van der Waals surface area contributed by atoms with E-state index in [0.29, 0.717) is 12.2 Å². The summed E-state index contributed by atoms with van der Waals surface area (Å²) >= 11 is 0. The van der Waals surface area contributed by atoms with E-state index in [2.05, 4.69) is 12.2 Å². The Bertz CT molecular complexity index is 109. The Morgan fingerprint density at radius 3 is 3.25 bits per heavy atom. The molecular weight excluding hydrogens is 100 g/mol. The van der Waals surface area contributed by atoms with Gasteiger partial charge in [-0.15, -0.1) is 0 Å². The summed E-state index contributed by atoms with van der Waals surface area (Å²) in [5.41, 5.74) is 0. The maximum Gasteiger partial charge on any atom is 0.0784 e. The molecule has 0 radical (unpaired) electrons.